The Hall–Kier alpha value is -1.99. The minimum Gasteiger partial charge on any atom is -0.335 e. The lowest BCUT2D eigenvalue weighted by Crippen LogP contribution is -2.44. The maximum Gasteiger partial charge on any atom is 0.263 e. The molecule has 1 saturated heterocycles. The molecular weight excluding hydrogens is 390 g/mol. The Kier molecular flexibility index (Phi) is 4.59. The summed E-state index contributed by atoms with van der Waals surface area (Å²) in [5, 5.41) is 4.63. The number of thiophene rings is 2. The van der Waals surface area contributed by atoms with Crippen LogP contribution in [0.15, 0.2) is 34.0 Å². The van der Waals surface area contributed by atoms with Crippen LogP contribution in [-0.4, -0.2) is 32.4 Å². The summed E-state index contributed by atoms with van der Waals surface area (Å²) in [5.74, 6) is 0.686. The van der Waals surface area contributed by atoms with Gasteiger partial charge < -0.3 is 4.90 Å². The summed E-state index contributed by atoms with van der Waals surface area (Å²) in [7, 11) is 0. The number of likely N-dealkylation sites (tertiary alicyclic amines) is 1. The highest BCUT2D eigenvalue weighted by molar-refractivity contribution is 7.18. The normalized spacial score (nSPS) is 24.6. The number of fused-ring (bicyclic) bond motifs is 2. The van der Waals surface area contributed by atoms with Crippen molar-refractivity contribution < 1.29 is 4.79 Å². The molecule has 4 heterocycles. The quantitative estimate of drug-likeness (QED) is 0.641. The van der Waals surface area contributed by atoms with Gasteiger partial charge in [0, 0.05) is 27.9 Å². The van der Waals surface area contributed by atoms with Crippen molar-refractivity contribution in [2.24, 2.45) is 5.92 Å². The third-order valence-electron chi connectivity index (χ3n) is 6.29. The molecule has 3 aromatic heterocycles. The standard InChI is InChI=1S/C21H23N3O2S2/c1-13-9-14-5-2-3-6-16(14)24(13)18(25)10-23-12-22-20-19(21(23)26)15(11-28-20)17-7-4-8-27-17/h4,7-8,11-14,16H,2-3,5-6,9-10H2,1H3. The van der Waals surface area contributed by atoms with E-state index in [-0.39, 0.29) is 24.1 Å². The van der Waals surface area contributed by atoms with Gasteiger partial charge in [0.2, 0.25) is 5.91 Å². The van der Waals surface area contributed by atoms with Gasteiger partial charge in [0.05, 0.1) is 11.7 Å². The van der Waals surface area contributed by atoms with Crippen LogP contribution in [0.3, 0.4) is 0 Å². The Morgan fingerprint density at radius 3 is 2.96 bits per heavy atom. The molecule has 0 spiro atoms. The molecule has 146 valence electrons. The molecule has 0 N–H and O–H groups in total. The number of nitrogens with zero attached hydrogens (tertiary/aromatic N) is 3. The van der Waals surface area contributed by atoms with E-state index in [4.69, 9.17) is 0 Å². The van der Waals surface area contributed by atoms with Gasteiger partial charge in [0.1, 0.15) is 11.4 Å². The molecule has 1 aliphatic heterocycles. The molecule has 2 fully saturated rings. The summed E-state index contributed by atoms with van der Waals surface area (Å²) in [5.41, 5.74) is 0.811. The van der Waals surface area contributed by atoms with Gasteiger partial charge in [-0.2, -0.15) is 0 Å². The van der Waals surface area contributed by atoms with E-state index >= 15 is 0 Å². The number of carbonyl (C=O) groups is 1. The van der Waals surface area contributed by atoms with E-state index in [1.807, 2.05) is 22.9 Å². The first kappa shape index (κ1) is 18.1. The second kappa shape index (κ2) is 7.12. The fourth-order valence-corrected chi connectivity index (χ4v) is 6.78. The summed E-state index contributed by atoms with van der Waals surface area (Å²) in [6.07, 6.45) is 7.43. The van der Waals surface area contributed by atoms with Crippen LogP contribution < -0.4 is 5.56 Å². The first-order valence-electron chi connectivity index (χ1n) is 9.95. The van der Waals surface area contributed by atoms with Crippen LogP contribution in [0.25, 0.3) is 20.7 Å². The van der Waals surface area contributed by atoms with Crippen molar-refractivity contribution in [2.45, 2.75) is 57.7 Å². The lowest BCUT2D eigenvalue weighted by atomic mass is 9.85. The molecule has 2 aliphatic rings. The van der Waals surface area contributed by atoms with Crippen LogP contribution in [-0.2, 0) is 11.3 Å². The largest absolute Gasteiger partial charge is 0.335 e. The Morgan fingerprint density at radius 2 is 2.14 bits per heavy atom. The number of amides is 1. The van der Waals surface area contributed by atoms with Crippen LogP contribution in [0.2, 0.25) is 0 Å². The second-order valence-corrected chi connectivity index (χ2v) is 9.79. The van der Waals surface area contributed by atoms with Crippen molar-refractivity contribution in [3.8, 4) is 10.4 Å². The van der Waals surface area contributed by atoms with Crippen LogP contribution >= 0.6 is 22.7 Å². The molecular formula is C21H23N3O2S2. The summed E-state index contributed by atoms with van der Waals surface area (Å²) in [6, 6.07) is 4.61. The highest BCUT2D eigenvalue weighted by Gasteiger charge is 2.42. The molecule has 0 radical (unpaired) electrons. The zero-order valence-corrected chi connectivity index (χ0v) is 17.5. The predicted molar refractivity (Wildman–Crippen MR) is 114 cm³/mol. The molecule has 3 atom stereocenters. The van der Waals surface area contributed by atoms with Crippen molar-refractivity contribution in [2.75, 3.05) is 0 Å². The number of rotatable bonds is 3. The van der Waals surface area contributed by atoms with Crippen LogP contribution in [0.4, 0.5) is 0 Å². The number of carbonyl (C=O) groups excluding carboxylic acids is 1. The van der Waals surface area contributed by atoms with Gasteiger partial charge in [-0.15, -0.1) is 22.7 Å². The zero-order chi connectivity index (χ0) is 19.3. The van der Waals surface area contributed by atoms with E-state index in [9.17, 15) is 9.59 Å². The van der Waals surface area contributed by atoms with E-state index in [0.29, 0.717) is 17.3 Å². The molecule has 3 unspecified atom stereocenters. The minimum atomic E-state index is -0.116. The molecule has 1 aliphatic carbocycles. The second-order valence-electron chi connectivity index (χ2n) is 7.98. The summed E-state index contributed by atoms with van der Waals surface area (Å²) in [6.45, 7) is 2.23. The molecule has 0 aromatic carbocycles. The average molecular weight is 414 g/mol. The molecule has 1 amide bonds. The Bertz CT molecular complexity index is 1070. The topological polar surface area (TPSA) is 55.2 Å². The number of aromatic nitrogens is 2. The Labute approximate surface area is 171 Å². The van der Waals surface area contributed by atoms with Gasteiger partial charge >= 0.3 is 0 Å². The first-order valence-corrected chi connectivity index (χ1v) is 11.7. The molecule has 28 heavy (non-hydrogen) atoms. The molecule has 1 saturated carbocycles. The lowest BCUT2D eigenvalue weighted by Gasteiger charge is -2.33. The summed E-state index contributed by atoms with van der Waals surface area (Å²) < 4.78 is 1.50. The van der Waals surface area contributed by atoms with E-state index in [0.717, 1.165) is 28.1 Å². The van der Waals surface area contributed by atoms with Crippen LogP contribution in [0.1, 0.15) is 39.0 Å². The fraction of sp³-hybridized carbons (Fsp3) is 0.476. The minimum absolute atomic E-state index is 0.0538. The zero-order valence-electron chi connectivity index (χ0n) is 15.8. The maximum atomic E-state index is 13.2. The van der Waals surface area contributed by atoms with Gasteiger partial charge in [0.25, 0.3) is 5.56 Å². The highest BCUT2D eigenvalue weighted by atomic mass is 32.1. The predicted octanol–water partition coefficient (Wildman–Crippen LogP) is 4.37. The molecule has 5 nitrogen and oxygen atoms in total. The van der Waals surface area contributed by atoms with E-state index in [1.54, 1.807) is 11.3 Å². The van der Waals surface area contributed by atoms with Crippen molar-refractivity contribution in [3.05, 3.63) is 39.6 Å². The van der Waals surface area contributed by atoms with Gasteiger partial charge in [-0.05, 0) is 43.6 Å². The smallest absolute Gasteiger partial charge is 0.263 e. The van der Waals surface area contributed by atoms with E-state index in [1.165, 1.54) is 41.5 Å². The van der Waals surface area contributed by atoms with Gasteiger partial charge in [-0.3, -0.25) is 14.2 Å². The first-order chi connectivity index (χ1) is 13.6. The van der Waals surface area contributed by atoms with E-state index in [2.05, 4.69) is 16.8 Å². The molecule has 5 rings (SSSR count). The monoisotopic (exact) mass is 413 g/mol. The molecule has 7 heteroatoms. The van der Waals surface area contributed by atoms with Crippen molar-refractivity contribution >= 4 is 38.8 Å². The summed E-state index contributed by atoms with van der Waals surface area (Å²) >= 11 is 3.09. The third kappa shape index (κ3) is 2.92. The Morgan fingerprint density at radius 1 is 1.29 bits per heavy atom. The average Bonchev–Trinajstić information content (AvgIpc) is 3.40. The van der Waals surface area contributed by atoms with Gasteiger partial charge in [-0.25, -0.2) is 4.98 Å². The van der Waals surface area contributed by atoms with Crippen LogP contribution in [0.5, 0.6) is 0 Å². The number of hydrogen-bond acceptors (Lipinski definition) is 5. The van der Waals surface area contributed by atoms with Crippen molar-refractivity contribution in [1.29, 1.82) is 0 Å². The summed E-state index contributed by atoms with van der Waals surface area (Å²) in [4.78, 5) is 34.7. The van der Waals surface area contributed by atoms with Gasteiger partial charge in [0.15, 0.2) is 0 Å². The highest BCUT2D eigenvalue weighted by Crippen LogP contribution is 2.39. The molecule has 0 bridgehead atoms. The van der Waals surface area contributed by atoms with Gasteiger partial charge in [-0.1, -0.05) is 18.9 Å². The van der Waals surface area contributed by atoms with E-state index < -0.39 is 0 Å². The van der Waals surface area contributed by atoms with Crippen molar-refractivity contribution in [1.82, 2.24) is 14.5 Å². The fourth-order valence-electron chi connectivity index (χ4n) is 5.06. The third-order valence-corrected chi connectivity index (χ3v) is 8.08. The Balaban J connectivity index is 1.47. The van der Waals surface area contributed by atoms with Crippen LogP contribution in [0, 0.1) is 5.92 Å². The lowest BCUT2D eigenvalue weighted by molar-refractivity contribution is -0.135. The SMILES string of the molecule is CC1CC2CCCCC2N1C(=O)Cn1cnc2scc(-c3cccs3)c2c1=O. The number of hydrogen-bond donors (Lipinski definition) is 0. The maximum absolute atomic E-state index is 13.2. The van der Waals surface area contributed by atoms with Crippen molar-refractivity contribution in [3.63, 3.8) is 0 Å². The molecule has 3 aromatic rings.